The van der Waals surface area contributed by atoms with Crippen LogP contribution in [-0.2, 0) is 25.5 Å². The molecule has 19 heavy (non-hydrogen) atoms. The predicted octanol–water partition coefficient (Wildman–Crippen LogP) is 3.57. The molecule has 0 aliphatic carbocycles. The predicted molar refractivity (Wildman–Crippen MR) is 82.6 cm³/mol. The van der Waals surface area contributed by atoms with Crippen LogP contribution in [-0.4, -0.2) is 14.9 Å². The molecule has 1 N–H and O–H groups in total. The van der Waals surface area contributed by atoms with E-state index >= 15 is 0 Å². The number of rotatable bonds is 4. The Morgan fingerprint density at radius 2 is 2.21 bits per heavy atom. The summed E-state index contributed by atoms with van der Waals surface area (Å²) >= 11 is 5.21. The molecule has 0 saturated carbocycles. The fourth-order valence-corrected chi connectivity index (χ4v) is 4.09. The zero-order valence-corrected chi connectivity index (χ0v) is 14.1. The second-order valence-electron chi connectivity index (χ2n) is 5.07. The fraction of sp³-hybridized carbons (Fsp3) is 0.500. The minimum atomic E-state index is -0.862. The lowest BCUT2D eigenvalue weighted by atomic mass is 9.95. The monoisotopic (exact) mass is 342 g/mol. The number of nitrogens with zero attached hydrogens (tertiary/aromatic N) is 2. The summed E-state index contributed by atoms with van der Waals surface area (Å²) in [5, 5.41) is 17.3. The second kappa shape index (κ2) is 5.38. The molecular formula is C14H19BrN2OS. The van der Waals surface area contributed by atoms with E-state index < -0.39 is 5.60 Å². The molecule has 2 aromatic heterocycles. The van der Waals surface area contributed by atoms with E-state index in [4.69, 9.17) is 0 Å². The number of aromatic nitrogens is 2. The van der Waals surface area contributed by atoms with Crippen LogP contribution >= 0.6 is 27.3 Å². The number of thiophene rings is 1. The Hall–Kier alpha value is -0.650. The molecule has 1 unspecified atom stereocenters. The lowest BCUT2D eigenvalue weighted by Gasteiger charge is -2.23. The van der Waals surface area contributed by atoms with Crippen molar-refractivity contribution in [2.75, 3.05) is 0 Å². The zero-order valence-electron chi connectivity index (χ0n) is 11.7. The summed E-state index contributed by atoms with van der Waals surface area (Å²) < 4.78 is 2.88. The third-order valence-electron chi connectivity index (χ3n) is 3.37. The van der Waals surface area contributed by atoms with Gasteiger partial charge in [-0.05, 0) is 53.2 Å². The molecule has 0 spiro atoms. The molecule has 104 valence electrons. The van der Waals surface area contributed by atoms with Gasteiger partial charge in [0.25, 0.3) is 0 Å². The molecule has 0 saturated heterocycles. The average Bonchev–Trinajstić information content (AvgIpc) is 2.88. The maximum Gasteiger partial charge on any atom is 0.102 e. The van der Waals surface area contributed by atoms with E-state index in [1.54, 1.807) is 11.3 Å². The molecule has 0 amide bonds. The van der Waals surface area contributed by atoms with Gasteiger partial charge in [0.15, 0.2) is 0 Å². The van der Waals surface area contributed by atoms with Crippen molar-refractivity contribution in [3.63, 3.8) is 0 Å². The van der Waals surface area contributed by atoms with Crippen LogP contribution in [0.4, 0.5) is 0 Å². The number of hydrogen-bond donors (Lipinski definition) is 1. The van der Waals surface area contributed by atoms with E-state index in [0.717, 1.165) is 32.7 Å². The second-order valence-corrected chi connectivity index (χ2v) is 6.78. The van der Waals surface area contributed by atoms with Gasteiger partial charge in [-0.1, -0.05) is 6.92 Å². The first-order chi connectivity index (χ1) is 8.86. The van der Waals surface area contributed by atoms with E-state index in [1.807, 2.05) is 37.0 Å². The number of aryl methyl sites for hydroxylation is 3. The third-order valence-corrected chi connectivity index (χ3v) is 5.55. The first-order valence-corrected chi connectivity index (χ1v) is 8.01. The van der Waals surface area contributed by atoms with Gasteiger partial charge in [-0.3, -0.25) is 4.68 Å². The van der Waals surface area contributed by atoms with E-state index in [-0.39, 0.29) is 0 Å². The molecule has 3 nitrogen and oxygen atoms in total. The van der Waals surface area contributed by atoms with Gasteiger partial charge in [0.05, 0.1) is 15.9 Å². The zero-order chi connectivity index (χ0) is 14.2. The Bertz CT molecular complexity index is 586. The maximum atomic E-state index is 10.8. The molecule has 0 bridgehead atoms. The smallest absolute Gasteiger partial charge is 0.102 e. The van der Waals surface area contributed by atoms with Crippen molar-refractivity contribution in [2.24, 2.45) is 7.05 Å². The van der Waals surface area contributed by atoms with Crippen LogP contribution in [0.1, 0.15) is 35.7 Å². The highest BCUT2D eigenvalue weighted by molar-refractivity contribution is 9.10. The summed E-state index contributed by atoms with van der Waals surface area (Å²) in [4.78, 5) is 1.03. The summed E-state index contributed by atoms with van der Waals surface area (Å²) in [5.74, 6) is 0. The molecule has 2 aromatic rings. The molecule has 2 heterocycles. The molecule has 5 heteroatoms. The summed E-state index contributed by atoms with van der Waals surface area (Å²) in [6.45, 7) is 5.99. The topological polar surface area (TPSA) is 38.0 Å². The van der Waals surface area contributed by atoms with Gasteiger partial charge in [-0.25, -0.2) is 0 Å². The number of aliphatic hydroxyl groups is 1. The van der Waals surface area contributed by atoms with Gasteiger partial charge >= 0.3 is 0 Å². The highest BCUT2D eigenvalue weighted by atomic mass is 79.9. The van der Waals surface area contributed by atoms with Crippen molar-refractivity contribution in [3.8, 4) is 0 Å². The van der Waals surface area contributed by atoms with Crippen LogP contribution in [0.2, 0.25) is 0 Å². The fourth-order valence-electron chi connectivity index (χ4n) is 2.34. The summed E-state index contributed by atoms with van der Waals surface area (Å²) in [6, 6.07) is 2.05. The quantitative estimate of drug-likeness (QED) is 0.922. The van der Waals surface area contributed by atoms with E-state index in [1.165, 1.54) is 0 Å². The summed E-state index contributed by atoms with van der Waals surface area (Å²) in [5.41, 5.74) is 2.36. The van der Waals surface area contributed by atoms with Crippen LogP contribution in [0.5, 0.6) is 0 Å². The molecule has 0 radical (unpaired) electrons. The largest absolute Gasteiger partial charge is 0.384 e. The molecule has 0 aromatic carbocycles. The maximum absolute atomic E-state index is 10.8. The first kappa shape index (κ1) is 14.8. The van der Waals surface area contributed by atoms with Crippen molar-refractivity contribution < 1.29 is 5.11 Å². The summed E-state index contributed by atoms with van der Waals surface area (Å²) in [7, 11) is 1.93. The van der Waals surface area contributed by atoms with Gasteiger partial charge in [-0.15, -0.1) is 11.3 Å². The van der Waals surface area contributed by atoms with Gasteiger partial charge in [-0.2, -0.15) is 5.10 Å². The Balaban J connectivity index is 2.36. The molecule has 2 rings (SSSR count). The first-order valence-electron chi connectivity index (χ1n) is 6.34. The average molecular weight is 343 g/mol. The van der Waals surface area contributed by atoms with Crippen LogP contribution in [0.3, 0.4) is 0 Å². The molecule has 0 aliphatic heterocycles. The Morgan fingerprint density at radius 1 is 1.53 bits per heavy atom. The number of hydrogen-bond acceptors (Lipinski definition) is 3. The lowest BCUT2D eigenvalue weighted by molar-refractivity contribution is 0.0587. The highest BCUT2D eigenvalue weighted by Crippen LogP contribution is 2.34. The van der Waals surface area contributed by atoms with E-state index in [2.05, 4.69) is 28.0 Å². The summed E-state index contributed by atoms with van der Waals surface area (Å²) in [6.07, 6.45) is 1.44. The van der Waals surface area contributed by atoms with Crippen molar-refractivity contribution in [1.29, 1.82) is 0 Å². The molecular weight excluding hydrogens is 324 g/mol. The molecule has 0 fully saturated rings. The van der Waals surface area contributed by atoms with Crippen molar-refractivity contribution >= 4 is 27.3 Å². The third kappa shape index (κ3) is 2.78. The number of halogens is 1. The van der Waals surface area contributed by atoms with Gasteiger partial charge < -0.3 is 5.11 Å². The van der Waals surface area contributed by atoms with E-state index in [9.17, 15) is 5.11 Å². The molecule has 1 atom stereocenters. The van der Waals surface area contributed by atoms with E-state index in [0.29, 0.717) is 6.42 Å². The standard InChI is InChI=1S/C14H19BrN2OS/c1-5-10-12(15)11(17(4)16-10)8-14(3,18)13-9(2)6-7-19-13/h6-7,18H,5,8H2,1-4H3. The van der Waals surface area contributed by atoms with Crippen molar-refractivity contribution in [1.82, 2.24) is 9.78 Å². The Kier molecular flexibility index (Phi) is 4.18. The molecule has 0 aliphatic rings. The van der Waals surface area contributed by atoms with Crippen molar-refractivity contribution in [3.05, 3.63) is 37.7 Å². The van der Waals surface area contributed by atoms with Crippen LogP contribution in [0.25, 0.3) is 0 Å². The van der Waals surface area contributed by atoms with Crippen LogP contribution in [0.15, 0.2) is 15.9 Å². The van der Waals surface area contributed by atoms with Crippen LogP contribution in [0, 0.1) is 6.92 Å². The highest BCUT2D eigenvalue weighted by Gasteiger charge is 2.29. The van der Waals surface area contributed by atoms with Gasteiger partial charge in [0.1, 0.15) is 5.60 Å². The van der Waals surface area contributed by atoms with Gasteiger partial charge in [0.2, 0.25) is 0 Å². The van der Waals surface area contributed by atoms with Crippen molar-refractivity contribution in [2.45, 2.75) is 39.2 Å². The van der Waals surface area contributed by atoms with Crippen LogP contribution < -0.4 is 0 Å². The normalized spacial score (nSPS) is 14.6. The Labute approximate surface area is 126 Å². The lowest BCUT2D eigenvalue weighted by Crippen LogP contribution is -2.25. The SMILES string of the molecule is CCc1nn(C)c(CC(C)(O)c2sccc2C)c1Br. The minimum Gasteiger partial charge on any atom is -0.384 e. The minimum absolute atomic E-state index is 0.554. The Morgan fingerprint density at radius 3 is 2.68 bits per heavy atom. The van der Waals surface area contributed by atoms with Gasteiger partial charge in [0, 0.05) is 18.3 Å².